The van der Waals surface area contributed by atoms with Gasteiger partial charge in [-0.3, -0.25) is 4.79 Å². The van der Waals surface area contributed by atoms with Gasteiger partial charge in [0.1, 0.15) is 11.1 Å². The summed E-state index contributed by atoms with van der Waals surface area (Å²) in [7, 11) is 0. The van der Waals surface area contributed by atoms with Crippen molar-refractivity contribution in [2.24, 2.45) is 0 Å². The lowest BCUT2D eigenvalue weighted by atomic mass is 10.2. The molecule has 1 fully saturated rings. The molecule has 0 bridgehead atoms. The maximum Gasteiger partial charge on any atom is 0.252 e. The van der Waals surface area contributed by atoms with E-state index in [2.05, 4.69) is 10.3 Å². The molecule has 1 unspecified atom stereocenters. The van der Waals surface area contributed by atoms with Gasteiger partial charge >= 0.3 is 0 Å². The van der Waals surface area contributed by atoms with Gasteiger partial charge in [0, 0.05) is 32.4 Å². The molecule has 22 heavy (non-hydrogen) atoms. The van der Waals surface area contributed by atoms with Gasteiger partial charge in [0.15, 0.2) is 0 Å². The number of hydrogen-bond acceptors (Lipinski definition) is 5. The van der Waals surface area contributed by atoms with Gasteiger partial charge in [-0.1, -0.05) is 11.6 Å². The van der Waals surface area contributed by atoms with Crippen LogP contribution in [0.3, 0.4) is 0 Å². The first kappa shape index (κ1) is 17.0. The van der Waals surface area contributed by atoms with Gasteiger partial charge in [0.25, 0.3) is 5.91 Å². The molecular weight excluding hydrogens is 308 g/mol. The van der Waals surface area contributed by atoms with Crippen LogP contribution < -0.4 is 10.1 Å². The maximum atomic E-state index is 12.0. The Kier molecular flexibility index (Phi) is 6.89. The first-order chi connectivity index (χ1) is 10.7. The molecule has 1 aromatic heterocycles. The predicted octanol–water partition coefficient (Wildman–Crippen LogP) is 2.06. The Morgan fingerprint density at radius 1 is 1.59 bits per heavy atom. The monoisotopic (exact) mass is 328 g/mol. The number of nitrogens with one attached hydrogen (secondary N) is 1. The molecular formula is C15H21ClN2O4. The molecule has 6 nitrogen and oxygen atoms in total. The number of amides is 1. The lowest BCUT2D eigenvalue weighted by Gasteiger charge is -2.12. The summed E-state index contributed by atoms with van der Waals surface area (Å²) >= 11 is 6.13. The highest BCUT2D eigenvalue weighted by molar-refractivity contribution is 6.32. The fourth-order valence-electron chi connectivity index (χ4n) is 2.02. The Morgan fingerprint density at radius 3 is 3.14 bits per heavy atom. The van der Waals surface area contributed by atoms with Gasteiger partial charge < -0.3 is 19.5 Å². The van der Waals surface area contributed by atoms with Gasteiger partial charge in [-0.25, -0.2) is 4.98 Å². The number of ether oxygens (including phenoxy) is 3. The standard InChI is InChI=1S/C15H21ClN2O4/c1-2-20-6-3-5-17-14(19)11-8-13(16)15(18-9-11)22-12-4-7-21-10-12/h8-9,12H,2-7,10H2,1H3,(H,17,19). The molecule has 2 rings (SSSR count). The molecule has 1 N–H and O–H groups in total. The van der Waals surface area contributed by atoms with E-state index < -0.39 is 0 Å². The number of pyridine rings is 1. The zero-order chi connectivity index (χ0) is 15.8. The van der Waals surface area contributed by atoms with Crippen LogP contribution in [0.25, 0.3) is 0 Å². The Morgan fingerprint density at radius 2 is 2.45 bits per heavy atom. The summed E-state index contributed by atoms with van der Waals surface area (Å²) < 4.78 is 16.1. The second-order valence-electron chi connectivity index (χ2n) is 4.92. The van der Waals surface area contributed by atoms with Crippen LogP contribution in [0.4, 0.5) is 0 Å². The molecule has 2 heterocycles. The lowest BCUT2D eigenvalue weighted by molar-refractivity contribution is 0.0943. The molecule has 0 saturated carbocycles. The molecule has 7 heteroatoms. The summed E-state index contributed by atoms with van der Waals surface area (Å²) in [5.74, 6) is 0.131. The Labute approximate surface area is 135 Å². The fourth-order valence-corrected chi connectivity index (χ4v) is 2.23. The highest BCUT2D eigenvalue weighted by Gasteiger charge is 2.19. The van der Waals surface area contributed by atoms with Crippen LogP contribution in [-0.2, 0) is 9.47 Å². The van der Waals surface area contributed by atoms with Crippen LogP contribution in [0.2, 0.25) is 5.02 Å². The number of carbonyl (C=O) groups is 1. The van der Waals surface area contributed by atoms with Gasteiger partial charge in [-0.05, 0) is 19.4 Å². The zero-order valence-electron chi connectivity index (χ0n) is 12.6. The second-order valence-corrected chi connectivity index (χ2v) is 5.33. The summed E-state index contributed by atoms with van der Waals surface area (Å²) in [6, 6.07) is 1.57. The van der Waals surface area contributed by atoms with E-state index in [0.717, 1.165) is 12.8 Å². The Bertz CT molecular complexity index is 492. The predicted molar refractivity (Wildman–Crippen MR) is 82.5 cm³/mol. The number of hydrogen-bond donors (Lipinski definition) is 1. The van der Waals surface area contributed by atoms with Crippen molar-refractivity contribution >= 4 is 17.5 Å². The normalized spacial score (nSPS) is 17.5. The van der Waals surface area contributed by atoms with Crippen molar-refractivity contribution in [2.45, 2.75) is 25.9 Å². The van der Waals surface area contributed by atoms with Crippen molar-refractivity contribution in [2.75, 3.05) is 33.0 Å². The quantitative estimate of drug-likeness (QED) is 0.740. The third-order valence-corrected chi connectivity index (χ3v) is 3.46. The molecule has 0 spiro atoms. The number of carbonyl (C=O) groups excluding carboxylic acids is 1. The van der Waals surface area contributed by atoms with Gasteiger partial charge in [-0.2, -0.15) is 0 Å². The number of nitrogens with zero attached hydrogens (tertiary/aromatic N) is 1. The molecule has 1 atom stereocenters. The van der Waals surface area contributed by atoms with Gasteiger partial charge in [0.2, 0.25) is 5.88 Å². The summed E-state index contributed by atoms with van der Waals surface area (Å²) in [5, 5.41) is 3.13. The highest BCUT2D eigenvalue weighted by atomic mass is 35.5. The summed E-state index contributed by atoms with van der Waals surface area (Å²) in [4.78, 5) is 16.1. The van der Waals surface area contributed by atoms with Crippen LogP contribution in [-0.4, -0.2) is 50.0 Å². The molecule has 0 aliphatic carbocycles. The molecule has 1 amide bonds. The first-order valence-electron chi connectivity index (χ1n) is 7.46. The van der Waals surface area contributed by atoms with E-state index in [-0.39, 0.29) is 12.0 Å². The zero-order valence-corrected chi connectivity index (χ0v) is 13.4. The first-order valence-corrected chi connectivity index (χ1v) is 7.84. The van der Waals surface area contributed by atoms with E-state index in [4.69, 9.17) is 25.8 Å². The van der Waals surface area contributed by atoms with Crippen molar-refractivity contribution in [1.82, 2.24) is 10.3 Å². The average molecular weight is 329 g/mol. The van der Waals surface area contributed by atoms with Crippen molar-refractivity contribution in [1.29, 1.82) is 0 Å². The molecule has 122 valence electrons. The summed E-state index contributed by atoms with van der Waals surface area (Å²) in [5.41, 5.74) is 0.413. The third kappa shape index (κ3) is 5.12. The van der Waals surface area contributed by atoms with Crippen molar-refractivity contribution in [3.05, 3.63) is 22.8 Å². The molecule has 0 aromatic carbocycles. The number of halogens is 1. The molecule has 1 aromatic rings. The Hall–Kier alpha value is -1.37. The fraction of sp³-hybridized carbons (Fsp3) is 0.600. The molecule has 0 radical (unpaired) electrons. The molecule has 1 aliphatic heterocycles. The maximum absolute atomic E-state index is 12.0. The van der Waals surface area contributed by atoms with Crippen molar-refractivity contribution in [3.8, 4) is 5.88 Å². The largest absolute Gasteiger partial charge is 0.471 e. The minimum absolute atomic E-state index is 0.0248. The minimum Gasteiger partial charge on any atom is -0.471 e. The van der Waals surface area contributed by atoms with Gasteiger partial charge in [0.05, 0.1) is 18.8 Å². The van der Waals surface area contributed by atoms with E-state index in [1.54, 1.807) is 6.07 Å². The number of rotatable bonds is 8. The highest BCUT2D eigenvalue weighted by Crippen LogP contribution is 2.25. The van der Waals surface area contributed by atoms with E-state index in [1.807, 2.05) is 6.92 Å². The van der Waals surface area contributed by atoms with E-state index in [0.29, 0.717) is 49.4 Å². The smallest absolute Gasteiger partial charge is 0.252 e. The average Bonchev–Trinajstić information content (AvgIpc) is 3.02. The summed E-state index contributed by atoms with van der Waals surface area (Å²) in [6.45, 7) is 5.03. The lowest BCUT2D eigenvalue weighted by Crippen LogP contribution is -2.25. The number of aromatic nitrogens is 1. The van der Waals surface area contributed by atoms with E-state index >= 15 is 0 Å². The Balaban J connectivity index is 1.83. The van der Waals surface area contributed by atoms with Crippen molar-refractivity contribution in [3.63, 3.8) is 0 Å². The van der Waals surface area contributed by atoms with Crippen LogP contribution >= 0.6 is 11.6 Å². The minimum atomic E-state index is -0.207. The van der Waals surface area contributed by atoms with E-state index in [1.165, 1.54) is 6.20 Å². The molecule has 1 saturated heterocycles. The topological polar surface area (TPSA) is 69.7 Å². The van der Waals surface area contributed by atoms with Crippen LogP contribution in [0.5, 0.6) is 5.88 Å². The van der Waals surface area contributed by atoms with Crippen LogP contribution in [0, 0.1) is 0 Å². The SMILES string of the molecule is CCOCCCNC(=O)c1cnc(OC2CCOC2)c(Cl)c1. The van der Waals surface area contributed by atoms with E-state index in [9.17, 15) is 4.79 Å². The second kappa shape index (κ2) is 8.92. The van der Waals surface area contributed by atoms with Crippen molar-refractivity contribution < 1.29 is 19.0 Å². The molecule has 1 aliphatic rings. The van der Waals surface area contributed by atoms with Crippen LogP contribution in [0.1, 0.15) is 30.1 Å². The summed E-state index contributed by atoms with van der Waals surface area (Å²) in [6.07, 6.45) is 3.03. The van der Waals surface area contributed by atoms with Crippen LogP contribution in [0.15, 0.2) is 12.3 Å². The van der Waals surface area contributed by atoms with Gasteiger partial charge in [-0.15, -0.1) is 0 Å². The third-order valence-electron chi connectivity index (χ3n) is 3.19.